The van der Waals surface area contributed by atoms with E-state index in [9.17, 15) is 9.13 Å². The molecule has 214 valence electrons. The van der Waals surface area contributed by atoms with Gasteiger partial charge in [-0.3, -0.25) is 0 Å². The molecule has 0 aromatic heterocycles. The lowest BCUT2D eigenvalue weighted by Crippen LogP contribution is -2.11. The summed E-state index contributed by atoms with van der Waals surface area (Å²) >= 11 is 0. The van der Waals surface area contributed by atoms with Gasteiger partial charge < -0.3 is 18.6 Å². The van der Waals surface area contributed by atoms with Crippen molar-refractivity contribution in [1.82, 2.24) is 0 Å². The van der Waals surface area contributed by atoms with Crippen molar-refractivity contribution in [1.29, 1.82) is 0 Å². The number of ether oxygens (including phenoxy) is 2. The second-order valence-corrected chi connectivity index (χ2v) is 17.3. The maximum atomic E-state index is 13.7. The summed E-state index contributed by atoms with van der Waals surface area (Å²) in [4.78, 5) is 0. The Morgan fingerprint density at radius 1 is 0.526 bits per heavy atom. The maximum Gasteiger partial charge on any atom is 0.123 e. The molecule has 0 amide bonds. The molecular formula is C32H52O4P2. The largest absolute Gasteiger partial charge is 0.490 e. The third-order valence-corrected chi connectivity index (χ3v) is 13.5. The van der Waals surface area contributed by atoms with Gasteiger partial charge in [-0.15, -0.1) is 0 Å². The fourth-order valence-corrected chi connectivity index (χ4v) is 11.2. The van der Waals surface area contributed by atoms with Gasteiger partial charge in [0.1, 0.15) is 24.7 Å². The summed E-state index contributed by atoms with van der Waals surface area (Å²) in [5.41, 5.74) is 2.08. The Bertz CT molecular complexity index is 915. The van der Waals surface area contributed by atoms with Gasteiger partial charge in [0.15, 0.2) is 0 Å². The Balaban J connectivity index is 2.02. The van der Waals surface area contributed by atoms with Crippen LogP contribution in [-0.4, -0.2) is 37.9 Å². The van der Waals surface area contributed by atoms with Crippen LogP contribution in [0.5, 0.6) is 11.5 Å². The molecule has 0 saturated heterocycles. The predicted octanol–water partition coefficient (Wildman–Crippen LogP) is 10.1. The minimum absolute atomic E-state index is 0.406. The van der Waals surface area contributed by atoms with Crippen LogP contribution in [0.3, 0.4) is 0 Å². The van der Waals surface area contributed by atoms with Crippen LogP contribution in [0.1, 0.15) is 90.2 Å². The Labute approximate surface area is 233 Å². The van der Waals surface area contributed by atoms with Crippen molar-refractivity contribution in [2.45, 2.75) is 91.4 Å². The summed E-state index contributed by atoms with van der Waals surface area (Å²) < 4.78 is 39.8. The van der Waals surface area contributed by atoms with Crippen LogP contribution in [0.15, 0.2) is 48.5 Å². The molecule has 38 heavy (non-hydrogen) atoms. The molecule has 0 heterocycles. The average molecular weight is 563 g/mol. The van der Waals surface area contributed by atoms with Gasteiger partial charge in [0.2, 0.25) is 0 Å². The molecule has 0 aliphatic carbocycles. The first-order valence-corrected chi connectivity index (χ1v) is 19.5. The van der Waals surface area contributed by atoms with Gasteiger partial charge in [0, 0.05) is 48.1 Å². The van der Waals surface area contributed by atoms with E-state index in [0.29, 0.717) is 25.5 Å². The lowest BCUT2D eigenvalue weighted by molar-refractivity contribution is 0.215. The summed E-state index contributed by atoms with van der Waals surface area (Å²) in [5, 5.41) is 0. The number of rotatable bonds is 21. The molecule has 0 aliphatic heterocycles. The smallest absolute Gasteiger partial charge is 0.123 e. The van der Waals surface area contributed by atoms with E-state index in [1.807, 2.05) is 36.4 Å². The first kappa shape index (κ1) is 32.7. The molecule has 4 nitrogen and oxygen atoms in total. The highest BCUT2D eigenvalue weighted by molar-refractivity contribution is 7.63. The molecule has 2 aromatic rings. The molecule has 0 N–H and O–H groups in total. The standard InChI is InChI=1S/C32H52O4P2/c1-5-9-23-37(33,24-10-6-2)27-29-17-13-15-19-31(29)35-21-22-36-32-20-16-14-18-30(32)28-38(34,25-11-7-3)26-12-8-4/h13-20H,5-12,21-28H2,1-4H3. The zero-order chi connectivity index (χ0) is 27.7. The molecule has 0 fully saturated rings. The fraction of sp³-hybridized carbons (Fsp3) is 0.625. The lowest BCUT2D eigenvalue weighted by Gasteiger charge is -2.21. The number of hydrogen-bond donors (Lipinski definition) is 0. The van der Waals surface area contributed by atoms with E-state index in [2.05, 4.69) is 39.8 Å². The van der Waals surface area contributed by atoms with Crippen molar-refractivity contribution in [3.63, 3.8) is 0 Å². The monoisotopic (exact) mass is 562 g/mol. The molecule has 0 aliphatic rings. The first-order valence-electron chi connectivity index (χ1n) is 14.9. The molecular weight excluding hydrogens is 510 g/mol. The van der Waals surface area contributed by atoms with E-state index in [1.165, 1.54) is 0 Å². The van der Waals surface area contributed by atoms with Crippen LogP contribution in [-0.2, 0) is 21.5 Å². The quantitative estimate of drug-likeness (QED) is 0.112. The maximum absolute atomic E-state index is 13.7. The van der Waals surface area contributed by atoms with Crippen LogP contribution < -0.4 is 9.47 Å². The van der Waals surface area contributed by atoms with Crippen LogP contribution in [0, 0.1) is 0 Å². The number of benzene rings is 2. The topological polar surface area (TPSA) is 52.6 Å². The van der Waals surface area contributed by atoms with Crippen molar-refractivity contribution in [3.8, 4) is 11.5 Å². The summed E-state index contributed by atoms with van der Waals surface area (Å²) in [6, 6.07) is 16.0. The van der Waals surface area contributed by atoms with Gasteiger partial charge in [-0.1, -0.05) is 89.8 Å². The number of unbranched alkanes of at least 4 members (excludes halogenated alkanes) is 4. The van der Waals surface area contributed by atoms with Crippen LogP contribution in [0.4, 0.5) is 0 Å². The normalized spacial score (nSPS) is 12.0. The van der Waals surface area contributed by atoms with Gasteiger partial charge in [-0.05, 0) is 37.8 Å². The molecule has 2 aromatic carbocycles. The van der Waals surface area contributed by atoms with E-state index >= 15 is 0 Å². The minimum Gasteiger partial charge on any atom is -0.490 e. The van der Waals surface area contributed by atoms with E-state index in [4.69, 9.17) is 9.47 Å². The predicted molar refractivity (Wildman–Crippen MR) is 166 cm³/mol. The number of hydrogen-bond acceptors (Lipinski definition) is 4. The highest BCUT2D eigenvalue weighted by Crippen LogP contribution is 2.52. The Kier molecular flexibility index (Phi) is 15.5. The van der Waals surface area contributed by atoms with Crippen molar-refractivity contribution in [2.75, 3.05) is 37.9 Å². The zero-order valence-corrected chi connectivity index (χ0v) is 26.2. The van der Waals surface area contributed by atoms with Crippen molar-refractivity contribution in [2.24, 2.45) is 0 Å². The molecule has 0 unspecified atom stereocenters. The van der Waals surface area contributed by atoms with Crippen molar-refractivity contribution < 1.29 is 18.6 Å². The van der Waals surface area contributed by atoms with Gasteiger partial charge in [0.25, 0.3) is 0 Å². The third-order valence-electron chi connectivity index (χ3n) is 7.14. The highest BCUT2D eigenvalue weighted by Gasteiger charge is 2.24. The van der Waals surface area contributed by atoms with Crippen LogP contribution >= 0.6 is 14.3 Å². The van der Waals surface area contributed by atoms with Gasteiger partial charge in [0.05, 0.1) is 14.3 Å². The molecule has 0 bridgehead atoms. The highest BCUT2D eigenvalue weighted by atomic mass is 31.2. The second kappa shape index (κ2) is 18.0. The molecule has 0 radical (unpaired) electrons. The van der Waals surface area contributed by atoms with E-state index in [-0.39, 0.29) is 0 Å². The fourth-order valence-electron chi connectivity index (χ4n) is 4.80. The van der Waals surface area contributed by atoms with Crippen molar-refractivity contribution in [3.05, 3.63) is 59.7 Å². The molecule has 0 spiro atoms. The van der Waals surface area contributed by atoms with Crippen LogP contribution in [0.2, 0.25) is 0 Å². The van der Waals surface area contributed by atoms with Crippen molar-refractivity contribution >= 4 is 14.3 Å². The van der Waals surface area contributed by atoms with E-state index in [0.717, 1.165) is 98.6 Å². The minimum atomic E-state index is -2.27. The van der Waals surface area contributed by atoms with Gasteiger partial charge >= 0.3 is 0 Å². The van der Waals surface area contributed by atoms with Gasteiger partial charge in [-0.25, -0.2) is 0 Å². The van der Waals surface area contributed by atoms with E-state index in [1.54, 1.807) is 0 Å². The molecule has 2 rings (SSSR count). The summed E-state index contributed by atoms with van der Waals surface area (Å²) in [5.74, 6) is 1.61. The number of para-hydroxylation sites is 2. The molecule has 0 atom stereocenters. The second-order valence-electron chi connectivity index (χ2n) is 10.7. The lowest BCUT2D eigenvalue weighted by atomic mass is 10.2. The zero-order valence-electron chi connectivity index (χ0n) is 24.5. The Morgan fingerprint density at radius 3 is 1.16 bits per heavy atom. The molecule has 0 saturated carbocycles. The molecule has 6 heteroatoms. The van der Waals surface area contributed by atoms with E-state index < -0.39 is 14.3 Å². The summed E-state index contributed by atoms with van der Waals surface area (Å²) in [6.07, 6.45) is 12.8. The summed E-state index contributed by atoms with van der Waals surface area (Å²) in [7, 11) is -4.54. The Hall–Kier alpha value is -1.50. The summed E-state index contributed by atoms with van der Waals surface area (Å²) in [6.45, 7) is 9.46. The first-order chi connectivity index (χ1) is 18.4. The Morgan fingerprint density at radius 2 is 0.842 bits per heavy atom. The average Bonchev–Trinajstić information content (AvgIpc) is 2.92. The van der Waals surface area contributed by atoms with Crippen LogP contribution in [0.25, 0.3) is 0 Å². The SMILES string of the molecule is CCCCP(=O)(CCCC)Cc1ccccc1OCCOc1ccccc1CP(=O)(CCCC)CCCC. The third kappa shape index (κ3) is 11.7. The van der Waals surface area contributed by atoms with Gasteiger partial charge in [-0.2, -0.15) is 0 Å².